The van der Waals surface area contributed by atoms with E-state index in [1.807, 2.05) is 0 Å². The third kappa shape index (κ3) is 1.34. The van der Waals surface area contributed by atoms with Crippen molar-refractivity contribution in [2.24, 2.45) is 17.3 Å². The van der Waals surface area contributed by atoms with Crippen molar-refractivity contribution in [1.82, 2.24) is 0 Å². The quantitative estimate of drug-likeness (QED) is 0.648. The van der Waals surface area contributed by atoms with Crippen molar-refractivity contribution < 1.29 is 5.11 Å². The summed E-state index contributed by atoms with van der Waals surface area (Å²) in [7, 11) is 0. The van der Waals surface area contributed by atoms with E-state index in [9.17, 15) is 0 Å². The predicted octanol–water partition coefficient (Wildman–Crippen LogP) is 2.75. The molecule has 0 radical (unpaired) electrons. The molecule has 3 aliphatic carbocycles. The zero-order chi connectivity index (χ0) is 9.47. The molecule has 0 aromatic heterocycles. The molecule has 1 nitrogen and oxygen atoms in total. The van der Waals surface area contributed by atoms with Crippen LogP contribution >= 0.6 is 0 Å². The second kappa shape index (κ2) is 3.13. The van der Waals surface area contributed by atoms with Gasteiger partial charge in [-0.1, -0.05) is 25.5 Å². The first kappa shape index (κ1) is 9.26. The number of hydrogen-bond acceptors (Lipinski definition) is 1. The standard InChI is InChI=1S/C12H20O/c1-12(2)10-6-5-9(4-3-7-13)11(12)8-10/h4,10-11,13H,3,5-8H2,1-2H3/b9-4+. The molecular formula is C12H20O. The third-order valence-electron chi connectivity index (χ3n) is 4.24. The van der Waals surface area contributed by atoms with Crippen LogP contribution in [0, 0.1) is 17.3 Å². The van der Waals surface area contributed by atoms with Crippen LogP contribution in [0.4, 0.5) is 0 Å². The second-order valence-corrected chi connectivity index (χ2v) is 5.14. The largest absolute Gasteiger partial charge is 0.396 e. The molecule has 3 rings (SSSR count). The van der Waals surface area contributed by atoms with E-state index in [1.165, 1.54) is 19.3 Å². The van der Waals surface area contributed by atoms with E-state index in [0.29, 0.717) is 12.0 Å². The van der Waals surface area contributed by atoms with Crippen LogP contribution < -0.4 is 0 Å². The summed E-state index contributed by atoms with van der Waals surface area (Å²) in [6, 6.07) is 0. The minimum Gasteiger partial charge on any atom is -0.396 e. The summed E-state index contributed by atoms with van der Waals surface area (Å²) >= 11 is 0. The summed E-state index contributed by atoms with van der Waals surface area (Å²) in [5.74, 6) is 1.81. The fourth-order valence-electron chi connectivity index (χ4n) is 3.14. The van der Waals surface area contributed by atoms with Crippen LogP contribution in [-0.2, 0) is 0 Å². The molecular weight excluding hydrogens is 160 g/mol. The fraction of sp³-hybridized carbons (Fsp3) is 0.833. The minimum absolute atomic E-state index is 0.306. The molecule has 0 spiro atoms. The Bertz CT molecular complexity index is 225. The Morgan fingerprint density at radius 2 is 2.31 bits per heavy atom. The Kier molecular flexibility index (Phi) is 2.23. The van der Waals surface area contributed by atoms with E-state index < -0.39 is 0 Å². The van der Waals surface area contributed by atoms with E-state index in [4.69, 9.17) is 5.11 Å². The Hall–Kier alpha value is -0.300. The average Bonchev–Trinajstić information content (AvgIpc) is 2.14. The molecule has 2 atom stereocenters. The van der Waals surface area contributed by atoms with Gasteiger partial charge in [-0.05, 0) is 42.9 Å². The smallest absolute Gasteiger partial charge is 0.0465 e. The van der Waals surface area contributed by atoms with Crippen molar-refractivity contribution >= 4 is 0 Å². The molecule has 74 valence electrons. The fourth-order valence-corrected chi connectivity index (χ4v) is 3.14. The summed E-state index contributed by atoms with van der Waals surface area (Å²) in [4.78, 5) is 0. The van der Waals surface area contributed by atoms with Gasteiger partial charge >= 0.3 is 0 Å². The lowest BCUT2D eigenvalue weighted by Gasteiger charge is -2.58. The maximum atomic E-state index is 8.78. The van der Waals surface area contributed by atoms with E-state index in [0.717, 1.165) is 18.3 Å². The molecule has 0 aromatic carbocycles. The first-order valence-corrected chi connectivity index (χ1v) is 5.46. The molecule has 0 saturated heterocycles. The van der Waals surface area contributed by atoms with Crippen LogP contribution in [0.25, 0.3) is 0 Å². The zero-order valence-corrected chi connectivity index (χ0v) is 8.71. The normalized spacial score (nSPS) is 38.8. The first-order valence-electron chi connectivity index (χ1n) is 5.46. The van der Waals surface area contributed by atoms with E-state index in [1.54, 1.807) is 5.57 Å². The monoisotopic (exact) mass is 180 g/mol. The van der Waals surface area contributed by atoms with E-state index in [-0.39, 0.29) is 0 Å². The summed E-state index contributed by atoms with van der Waals surface area (Å²) in [6.45, 7) is 5.11. The highest BCUT2D eigenvalue weighted by molar-refractivity contribution is 5.21. The lowest BCUT2D eigenvalue weighted by molar-refractivity contribution is -0.0280. The average molecular weight is 180 g/mol. The summed E-state index contributed by atoms with van der Waals surface area (Å²) in [5.41, 5.74) is 2.18. The van der Waals surface area contributed by atoms with Gasteiger partial charge in [0.25, 0.3) is 0 Å². The molecule has 1 N–H and O–H groups in total. The summed E-state index contributed by atoms with van der Waals surface area (Å²) in [5, 5.41) is 8.78. The number of hydrogen-bond donors (Lipinski definition) is 1. The summed E-state index contributed by atoms with van der Waals surface area (Å²) in [6.07, 6.45) is 7.21. The predicted molar refractivity (Wildman–Crippen MR) is 54.4 cm³/mol. The van der Waals surface area contributed by atoms with Gasteiger partial charge < -0.3 is 5.11 Å². The Morgan fingerprint density at radius 3 is 2.85 bits per heavy atom. The lowest BCUT2D eigenvalue weighted by atomic mass is 9.47. The van der Waals surface area contributed by atoms with Crippen molar-refractivity contribution in [3.05, 3.63) is 11.6 Å². The Balaban J connectivity index is 2.07. The number of allylic oxidation sites excluding steroid dienone is 1. The molecule has 3 aliphatic rings. The van der Waals surface area contributed by atoms with Crippen molar-refractivity contribution in [1.29, 1.82) is 0 Å². The third-order valence-corrected chi connectivity index (χ3v) is 4.24. The van der Waals surface area contributed by atoms with Crippen LogP contribution in [0.1, 0.15) is 39.5 Å². The van der Waals surface area contributed by atoms with Crippen molar-refractivity contribution in [3.8, 4) is 0 Å². The maximum absolute atomic E-state index is 8.78. The Labute approximate surface area is 80.8 Å². The van der Waals surface area contributed by atoms with Crippen molar-refractivity contribution in [2.45, 2.75) is 39.5 Å². The first-order chi connectivity index (χ1) is 6.16. The van der Waals surface area contributed by atoms with E-state index >= 15 is 0 Å². The highest BCUT2D eigenvalue weighted by Gasteiger charge is 2.51. The summed E-state index contributed by atoms with van der Waals surface area (Å²) < 4.78 is 0. The van der Waals surface area contributed by atoms with Gasteiger partial charge in [-0.3, -0.25) is 0 Å². The van der Waals surface area contributed by atoms with Gasteiger partial charge in [0.05, 0.1) is 0 Å². The number of fused-ring (bicyclic) bond motifs is 2. The van der Waals surface area contributed by atoms with Gasteiger partial charge in [0.1, 0.15) is 0 Å². The van der Waals surface area contributed by atoms with E-state index in [2.05, 4.69) is 19.9 Å². The number of aliphatic hydroxyl groups excluding tert-OH is 1. The van der Waals surface area contributed by atoms with Crippen LogP contribution in [0.15, 0.2) is 11.6 Å². The molecule has 0 heterocycles. The molecule has 0 amide bonds. The highest BCUT2D eigenvalue weighted by atomic mass is 16.2. The van der Waals surface area contributed by atoms with Crippen LogP contribution in [0.5, 0.6) is 0 Å². The van der Waals surface area contributed by atoms with Gasteiger partial charge in [-0.2, -0.15) is 0 Å². The Morgan fingerprint density at radius 1 is 1.54 bits per heavy atom. The topological polar surface area (TPSA) is 20.2 Å². The molecule has 3 fully saturated rings. The van der Waals surface area contributed by atoms with Gasteiger partial charge in [-0.15, -0.1) is 0 Å². The number of rotatable bonds is 2. The van der Waals surface area contributed by atoms with Crippen molar-refractivity contribution in [2.75, 3.05) is 6.61 Å². The van der Waals surface area contributed by atoms with Crippen LogP contribution in [0.2, 0.25) is 0 Å². The van der Waals surface area contributed by atoms with Crippen LogP contribution in [-0.4, -0.2) is 11.7 Å². The molecule has 13 heavy (non-hydrogen) atoms. The highest BCUT2D eigenvalue weighted by Crippen LogP contribution is 2.61. The zero-order valence-electron chi connectivity index (χ0n) is 8.71. The number of aliphatic hydroxyl groups is 1. The van der Waals surface area contributed by atoms with Gasteiger partial charge in [-0.25, -0.2) is 0 Å². The maximum Gasteiger partial charge on any atom is 0.0465 e. The van der Waals surface area contributed by atoms with Crippen molar-refractivity contribution in [3.63, 3.8) is 0 Å². The van der Waals surface area contributed by atoms with Gasteiger partial charge in [0, 0.05) is 6.61 Å². The van der Waals surface area contributed by atoms with Gasteiger partial charge in [0.15, 0.2) is 0 Å². The lowest BCUT2D eigenvalue weighted by Crippen LogP contribution is -2.49. The molecule has 3 saturated carbocycles. The van der Waals surface area contributed by atoms with Crippen LogP contribution in [0.3, 0.4) is 0 Å². The molecule has 1 heteroatoms. The second-order valence-electron chi connectivity index (χ2n) is 5.14. The SMILES string of the molecule is CC1(C)C2CC/C(=C\CCO)C1C2. The molecule has 0 aromatic rings. The molecule has 2 bridgehead atoms. The minimum atomic E-state index is 0.306. The molecule has 0 aliphatic heterocycles. The van der Waals surface area contributed by atoms with Gasteiger partial charge in [0.2, 0.25) is 0 Å². The molecule has 2 unspecified atom stereocenters.